The number of ketones is 2. The van der Waals surface area contributed by atoms with Crippen LogP contribution in [0.15, 0.2) is 63.5 Å². The first-order chi connectivity index (χ1) is 10.7. The Kier molecular flexibility index (Phi) is 2.87. The highest BCUT2D eigenvalue weighted by atomic mass is 79.9. The fraction of sp³-hybridized carbons (Fsp3) is 0. The van der Waals surface area contributed by atoms with Gasteiger partial charge < -0.3 is 4.42 Å². The zero-order valence-corrected chi connectivity index (χ0v) is 12.9. The molecule has 22 heavy (non-hydrogen) atoms. The van der Waals surface area contributed by atoms with Gasteiger partial charge in [0.05, 0.1) is 10.0 Å². The summed E-state index contributed by atoms with van der Waals surface area (Å²) in [5.74, 6) is 0.158. The maximum absolute atomic E-state index is 12.7. The normalized spacial score (nSPS) is 13.0. The van der Waals surface area contributed by atoms with E-state index in [4.69, 9.17) is 4.42 Å². The summed E-state index contributed by atoms with van der Waals surface area (Å²) in [5.41, 5.74) is 1.93. The van der Waals surface area contributed by atoms with Crippen LogP contribution in [-0.2, 0) is 0 Å². The van der Waals surface area contributed by atoms with E-state index in [1.54, 1.807) is 24.3 Å². The molecule has 2 aromatic carbocycles. The molecule has 4 heteroatoms. The molecule has 0 fully saturated rings. The van der Waals surface area contributed by atoms with Crippen LogP contribution >= 0.6 is 15.9 Å². The van der Waals surface area contributed by atoms with E-state index < -0.39 is 0 Å². The first-order valence-electron chi connectivity index (χ1n) is 6.74. The summed E-state index contributed by atoms with van der Waals surface area (Å²) in [6.07, 6.45) is 0. The molecule has 0 N–H and O–H groups in total. The Morgan fingerprint density at radius 2 is 1.32 bits per heavy atom. The van der Waals surface area contributed by atoms with Crippen molar-refractivity contribution in [1.29, 1.82) is 0 Å². The number of halogens is 1. The number of rotatable bonds is 1. The summed E-state index contributed by atoms with van der Waals surface area (Å²) in [6, 6.07) is 16.2. The van der Waals surface area contributed by atoms with Crippen LogP contribution in [0, 0.1) is 0 Å². The third-order valence-electron chi connectivity index (χ3n) is 3.74. The molecule has 4 rings (SSSR count). The molecule has 0 saturated carbocycles. The van der Waals surface area contributed by atoms with Crippen molar-refractivity contribution in [2.75, 3.05) is 0 Å². The summed E-state index contributed by atoms with van der Waals surface area (Å²) in [4.78, 5) is 25.3. The first-order valence-corrected chi connectivity index (χ1v) is 7.54. The lowest BCUT2D eigenvalue weighted by Gasteiger charge is -2.12. The lowest BCUT2D eigenvalue weighted by Crippen LogP contribution is -2.19. The Balaban J connectivity index is 1.98. The number of furan rings is 1. The third-order valence-corrected chi connectivity index (χ3v) is 4.49. The Morgan fingerprint density at radius 1 is 0.727 bits per heavy atom. The van der Waals surface area contributed by atoms with Crippen molar-refractivity contribution >= 4 is 27.5 Å². The molecule has 1 aliphatic carbocycles. The van der Waals surface area contributed by atoms with E-state index in [0.717, 1.165) is 5.56 Å². The van der Waals surface area contributed by atoms with Gasteiger partial charge in [0.1, 0.15) is 5.76 Å². The zero-order chi connectivity index (χ0) is 15.3. The molecule has 1 aromatic heterocycles. The number of carbonyl (C=O) groups is 2. The van der Waals surface area contributed by atoms with Gasteiger partial charge in [0.25, 0.3) is 0 Å². The maximum Gasteiger partial charge on any atom is 0.229 e. The van der Waals surface area contributed by atoms with Crippen LogP contribution in [0.4, 0.5) is 0 Å². The average molecular weight is 353 g/mol. The molecule has 0 radical (unpaired) electrons. The summed E-state index contributed by atoms with van der Waals surface area (Å²) in [6.45, 7) is 0. The van der Waals surface area contributed by atoms with Gasteiger partial charge in [-0.15, -0.1) is 0 Å². The molecule has 0 unspecified atom stereocenters. The van der Waals surface area contributed by atoms with E-state index in [0.29, 0.717) is 26.9 Å². The van der Waals surface area contributed by atoms with E-state index in [2.05, 4.69) is 15.9 Å². The third kappa shape index (κ3) is 1.74. The molecule has 1 aliphatic rings. The molecule has 0 amide bonds. The molecular weight excluding hydrogens is 344 g/mol. The fourth-order valence-corrected chi connectivity index (χ4v) is 3.36. The van der Waals surface area contributed by atoms with Crippen LogP contribution in [0.1, 0.15) is 32.0 Å². The molecule has 3 nitrogen and oxygen atoms in total. The zero-order valence-electron chi connectivity index (χ0n) is 11.3. The molecule has 0 aliphatic heterocycles. The Bertz CT molecular complexity index is 923. The van der Waals surface area contributed by atoms with Crippen molar-refractivity contribution in [2.45, 2.75) is 0 Å². The molecule has 0 atom stereocenters. The van der Waals surface area contributed by atoms with Crippen molar-refractivity contribution in [3.63, 3.8) is 0 Å². The Hall–Kier alpha value is -2.46. The SMILES string of the molecule is O=C1c2ccccc2C(=O)c2c1oc(-c1ccccc1)c2Br. The summed E-state index contributed by atoms with van der Waals surface area (Å²) < 4.78 is 6.27. The van der Waals surface area contributed by atoms with E-state index in [1.807, 2.05) is 30.3 Å². The van der Waals surface area contributed by atoms with Crippen molar-refractivity contribution in [2.24, 2.45) is 0 Å². The van der Waals surface area contributed by atoms with Gasteiger partial charge in [-0.3, -0.25) is 9.59 Å². The van der Waals surface area contributed by atoms with Crippen LogP contribution in [0.5, 0.6) is 0 Å². The molecule has 3 aromatic rings. The van der Waals surface area contributed by atoms with Crippen molar-refractivity contribution in [3.05, 3.63) is 81.5 Å². The maximum atomic E-state index is 12.7. The summed E-state index contributed by atoms with van der Waals surface area (Å²) >= 11 is 3.43. The highest BCUT2D eigenvalue weighted by Gasteiger charge is 2.36. The van der Waals surface area contributed by atoms with E-state index in [1.165, 1.54) is 0 Å². The van der Waals surface area contributed by atoms with Gasteiger partial charge in [0.2, 0.25) is 5.78 Å². The molecule has 0 saturated heterocycles. The first kappa shape index (κ1) is 13.2. The standard InChI is InChI=1S/C18H9BrO3/c19-14-13-15(20)11-8-4-5-9-12(11)16(21)18(13)22-17(14)10-6-2-1-3-7-10/h1-9H. The number of carbonyl (C=O) groups excluding carboxylic acids is 2. The number of fused-ring (bicyclic) bond motifs is 2. The van der Waals surface area contributed by atoms with E-state index in [-0.39, 0.29) is 17.3 Å². The predicted molar refractivity (Wildman–Crippen MR) is 85.2 cm³/mol. The summed E-state index contributed by atoms with van der Waals surface area (Å²) in [7, 11) is 0. The molecule has 1 heterocycles. The predicted octanol–water partition coefficient (Wildman–Crippen LogP) is 4.48. The van der Waals surface area contributed by atoms with Crippen molar-refractivity contribution in [3.8, 4) is 11.3 Å². The van der Waals surface area contributed by atoms with Gasteiger partial charge in [-0.1, -0.05) is 54.6 Å². The second-order valence-electron chi connectivity index (χ2n) is 5.02. The van der Waals surface area contributed by atoms with Gasteiger partial charge in [0.15, 0.2) is 11.5 Å². The second-order valence-corrected chi connectivity index (χ2v) is 5.81. The quantitative estimate of drug-likeness (QED) is 0.507. The van der Waals surface area contributed by atoms with Gasteiger partial charge >= 0.3 is 0 Å². The van der Waals surface area contributed by atoms with Gasteiger partial charge in [0, 0.05) is 16.7 Å². The topological polar surface area (TPSA) is 47.3 Å². The largest absolute Gasteiger partial charge is 0.451 e. The fourth-order valence-electron chi connectivity index (χ4n) is 2.69. The van der Waals surface area contributed by atoms with Gasteiger partial charge in [-0.25, -0.2) is 0 Å². The van der Waals surface area contributed by atoms with Crippen LogP contribution in [0.2, 0.25) is 0 Å². The van der Waals surface area contributed by atoms with Crippen LogP contribution in [0.25, 0.3) is 11.3 Å². The highest BCUT2D eigenvalue weighted by molar-refractivity contribution is 9.10. The lowest BCUT2D eigenvalue weighted by molar-refractivity contribution is 0.0960. The van der Waals surface area contributed by atoms with E-state index >= 15 is 0 Å². The average Bonchev–Trinajstić information content (AvgIpc) is 2.91. The van der Waals surface area contributed by atoms with Crippen molar-refractivity contribution < 1.29 is 14.0 Å². The smallest absolute Gasteiger partial charge is 0.229 e. The highest BCUT2D eigenvalue weighted by Crippen LogP contribution is 2.40. The minimum atomic E-state index is -0.256. The van der Waals surface area contributed by atoms with Crippen LogP contribution < -0.4 is 0 Å². The molecule has 0 spiro atoms. The molecular formula is C18H9BrO3. The van der Waals surface area contributed by atoms with Gasteiger partial charge in [-0.2, -0.15) is 0 Å². The molecule has 0 bridgehead atoms. The van der Waals surface area contributed by atoms with E-state index in [9.17, 15) is 9.59 Å². The van der Waals surface area contributed by atoms with Crippen molar-refractivity contribution in [1.82, 2.24) is 0 Å². The lowest BCUT2D eigenvalue weighted by atomic mass is 9.88. The van der Waals surface area contributed by atoms with Crippen LogP contribution in [0.3, 0.4) is 0 Å². The monoisotopic (exact) mass is 352 g/mol. The number of hydrogen-bond donors (Lipinski definition) is 0. The van der Waals surface area contributed by atoms with Gasteiger partial charge in [-0.05, 0) is 15.9 Å². The minimum absolute atomic E-state index is 0.106. The second kappa shape index (κ2) is 4.78. The number of hydrogen-bond acceptors (Lipinski definition) is 3. The summed E-state index contributed by atoms with van der Waals surface area (Å²) in [5, 5.41) is 0. The molecule has 106 valence electrons. The number of benzene rings is 2. The Labute approximate surface area is 134 Å². The van der Waals surface area contributed by atoms with Crippen LogP contribution in [-0.4, -0.2) is 11.6 Å². The minimum Gasteiger partial charge on any atom is -0.451 e. The Morgan fingerprint density at radius 3 is 2.00 bits per heavy atom.